The van der Waals surface area contributed by atoms with Crippen LogP contribution in [0, 0.1) is 27.7 Å². The third-order valence-corrected chi connectivity index (χ3v) is 17.2. The first-order valence-corrected chi connectivity index (χ1v) is 28.8. The molecule has 7 heterocycles. The van der Waals surface area contributed by atoms with Crippen molar-refractivity contribution in [2.45, 2.75) is 90.4 Å². The van der Waals surface area contributed by atoms with Gasteiger partial charge in [-0.05, 0) is 113 Å². The van der Waals surface area contributed by atoms with Crippen LogP contribution in [0.3, 0.4) is 0 Å². The Morgan fingerprint density at radius 1 is 0.640 bits per heavy atom. The number of amides is 3. The molecule has 392 valence electrons. The van der Waals surface area contributed by atoms with Crippen LogP contribution in [0.1, 0.15) is 79.3 Å². The van der Waals surface area contributed by atoms with Crippen LogP contribution in [-0.4, -0.2) is 114 Å². The molecular weight excluding hydrogens is 997 g/mol. The second-order valence-corrected chi connectivity index (χ2v) is 23.8. The Kier molecular flexibility index (Phi) is 14.0. The molecular formula is C54H60N10O9S2. The highest BCUT2D eigenvalue weighted by molar-refractivity contribution is 7.88. The van der Waals surface area contributed by atoms with E-state index in [0.717, 1.165) is 61.9 Å². The summed E-state index contributed by atoms with van der Waals surface area (Å²) in [6.07, 6.45) is 5.59. The zero-order valence-corrected chi connectivity index (χ0v) is 44.3. The lowest BCUT2D eigenvalue weighted by molar-refractivity contribution is -0.120. The lowest BCUT2D eigenvalue weighted by atomic mass is 10.0. The van der Waals surface area contributed by atoms with E-state index in [-0.39, 0.29) is 35.8 Å². The molecule has 3 aromatic heterocycles. The molecule has 4 fully saturated rings. The molecule has 0 saturated carbocycles. The minimum absolute atomic E-state index is 0.0652. The van der Waals surface area contributed by atoms with Crippen LogP contribution in [0.15, 0.2) is 106 Å². The zero-order valence-electron chi connectivity index (χ0n) is 42.7. The maximum atomic E-state index is 13.6. The van der Waals surface area contributed by atoms with Crippen LogP contribution < -0.4 is 20.4 Å². The molecule has 4 saturated heterocycles. The number of hydrogen-bond donors (Lipinski definition) is 2. The molecule has 0 radical (unpaired) electrons. The average Bonchev–Trinajstić information content (AvgIpc) is 4.27. The van der Waals surface area contributed by atoms with Gasteiger partial charge in [0.1, 0.15) is 23.4 Å². The lowest BCUT2D eigenvalue weighted by Gasteiger charge is -2.27. The number of nitrogens with zero attached hydrogens (tertiary/aromatic N) is 8. The molecule has 19 nitrogen and oxygen atoms in total. The molecule has 21 heteroatoms. The Labute approximate surface area is 435 Å². The van der Waals surface area contributed by atoms with Gasteiger partial charge in [-0.25, -0.2) is 30.4 Å². The second kappa shape index (κ2) is 20.5. The Morgan fingerprint density at radius 2 is 1.20 bits per heavy atom. The number of imidazole rings is 1. The highest BCUT2D eigenvalue weighted by Crippen LogP contribution is 2.42. The fourth-order valence-electron chi connectivity index (χ4n) is 11.1. The summed E-state index contributed by atoms with van der Waals surface area (Å²) in [6, 6.07) is 29.6. The predicted molar refractivity (Wildman–Crippen MR) is 286 cm³/mol. The fourth-order valence-corrected chi connectivity index (χ4v) is 12.9. The molecule has 4 aliphatic rings. The van der Waals surface area contributed by atoms with Gasteiger partial charge in [0.05, 0.1) is 58.4 Å². The number of carbonyl (C=O) groups excluding carboxylic acids is 3. The Balaban J connectivity index is 0.000000171. The third kappa shape index (κ3) is 10.3. The van der Waals surface area contributed by atoms with Gasteiger partial charge in [0, 0.05) is 67.6 Å². The molecule has 2 N–H and O–H groups in total. The van der Waals surface area contributed by atoms with Crippen molar-refractivity contribution in [3.63, 3.8) is 0 Å². The van der Waals surface area contributed by atoms with E-state index in [1.165, 1.54) is 21.1 Å². The highest BCUT2D eigenvalue weighted by Gasteiger charge is 2.41. The van der Waals surface area contributed by atoms with Crippen LogP contribution in [0.2, 0.25) is 0 Å². The SMILES string of the molecule is Cc1noc(C)c1-c1ccc(N[C@@H]2CCN(S(C)(=O)=O)C2)c(NC(=O)C2CCC(=O)N2c2ccccc2)c1.Cc1noc(C)c1-c1ccc2c(c1)nc(C1CCC(=O)N1c1ccccc1)n2[C@@H]1CCN(S(C)(=O)=O)C1. The number of benzene rings is 4. The van der Waals surface area contributed by atoms with Crippen molar-refractivity contribution < 1.29 is 40.3 Å². The summed E-state index contributed by atoms with van der Waals surface area (Å²) in [6.45, 7) is 9.13. The van der Waals surface area contributed by atoms with E-state index >= 15 is 0 Å². The van der Waals surface area contributed by atoms with Gasteiger partial charge in [0.25, 0.3) is 0 Å². The molecule has 4 aliphatic heterocycles. The number of anilines is 4. The first-order chi connectivity index (χ1) is 35.8. The topological polar surface area (TPSA) is 226 Å². The minimum Gasteiger partial charge on any atom is -0.379 e. The van der Waals surface area contributed by atoms with Gasteiger partial charge in [-0.1, -0.05) is 58.8 Å². The molecule has 2 unspecified atom stereocenters. The maximum Gasteiger partial charge on any atom is 0.247 e. The van der Waals surface area contributed by atoms with Gasteiger partial charge >= 0.3 is 0 Å². The normalized spacial score (nSPS) is 20.6. The van der Waals surface area contributed by atoms with Crippen LogP contribution >= 0.6 is 0 Å². The molecule has 7 aromatic rings. The number of para-hydroxylation sites is 2. The van der Waals surface area contributed by atoms with Crippen LogP contribution in [0.5, 0.6) is 0 Å². The molecule has 4 aromatic carbocycles. The minimum atomic E-state index is -3.30. The number of fused-ring (bicyclic) bond motifs is 1. The monoisotopic (exact) mass is 1060 g/mol. The number of sulfonamides is 2. The Hall–Kier alpha value is -7.20. The van der Waals surface area contributed by atoms with Crippen molar-refractivity contribution >= 4 is 71.6 Å². The van der Waals surface area contributed by atoms with Crippen molar-refractivity contribution in [1.29, 1.82) is 0 Å². The summed E-state index contributed by atoms with van der Waals surface area (Å²) >= 11 is 0. The van der Waals surface area contributed by atoms with Crippen molar-refractivity contribution in [1.82, 2.24) is 28.5 Å². The summed E-state index contributed by atoms with van der Waals surface area (Å²) in [7, 11) is -6.59. The molecule has 0 aliphatic carbocycles. The standard InChI is InChI=1S/C27H31N5O5S.C27H29N5O4S/c1-17-26(18(2)37-30-17)19-9-10-22(28-20-13-14-31(16-20)38(3,35)36)23(15-19)29-27(34)24-11-12-25(33)32(24)21-7-5-4-6-8-21;1-17-26(18(2)36-29-17)19-9-10-23-22(15-19)28-27(32(23)21-13-14-30(16-21)37(3,34)35)24-11-12-25(33)31(24)20-7-5-4-6-8-20/h4-10,15,20,24,28H,11-14,16H2,1-3H3,(H,29,34);4-10,15,21,24H,11-14,16H2,1-3H3/t20-,24?;21-,24?/m11/s1. The van der Waals surface area contributed by atoms with Crippen LogP contribution in [-0.2, 0) is 34.4 Å². The number of carbonyl (C=O) groups is 3. The summed E-state index contributed by atoms with van der Waals surface area (Å²) in [5.41, 5.74) is 9.60. The first kappa shape index (κ1) is 51.3. The van der Waals surface area contributed by atoms with Gasteiger partial charge in [-0.2, -0.15) is 0 Å². The summed E-state index contributed by atoms with van der Waals surface area (Å²) in [4.78, 5) is 47.9. The summed E-state index contributed by atoms with van der Waals surface area (Å²) in [5, 5.41) is 14.6. The number of rotatable bonds is 12. The van der Waals surface area contributed by atoms with Crippen molar-refractivity contribution in [2.24, 2.45) is 0 Å². The first-order valence-electron chi connectivity index (χ1n) is 25.1. The number of hydrogen-bond acceptors (Lipinski definition) is 13. The largest absolute Gasteiger partial charge is 0.379 e. The Bertz CT molecular complexity index is 3500. The van der Waals surface area contributed by atoms with E-state index in [0.29, 0.717) is 87.5 Å². The number of aryl methyl sites for hydroxylation is 4. The molecule has 11 rings (SSSR count). The fraction of sp³-hybridized carbons (Fsp3) is 0.370. The molecule has 4 atom stereocenters. The Morgan fingerprint density at radius 3 is 1.79 bits per heavy atom. The molecule has 0 bridgehead atoms. The van der Waals surface area contributed by atoms with Gasteiger partial charge < -0.3 is 29.1 Å². The maximum absolute atomic E-state index is 13.6. The third-order valence-electron chi connectivity index (χ3n) is 14.7. The van der Waals surface area contributed by atoms with Gasteiger partial charge in [-0.15, -0.1) is 0 Å². The highest BCUT2D eigenvalue weighted by atomic mass is 32.2. The molecule has 75 heavy (non-hydrogen) atoms. The predicted octanol–water partition coefficient (Wildman–Crippen LogP) is 7.92. The quantitative estimate of drug-likeness (QED) is 0.119. The van der Waals surface area contributed by atoms with Gasteiger partial charge in [-0.3, -0.25) is 19.3 Å². The number of nitrogens with one attached hydrogen (secondary N) is 2. The van der Waals surface area contributed by atoms with E-state index in [1.807, 2.05) is 130 Å². The van der Waals surface area contributed by atoms with Crippen molar-refractivity contribution in [3.05, 3.63) is 126 Å². The second-order valence-electron chi connectivity index (χ2n) is 19.8. The van der Waals surface area contributed by atoms with E-state index in [1.54, 1.807) is 4.90 Å². The van der Waals surface area contributed by atoms with Crippen LogP contribution in [0.25, 0.3) is 33.3 Å². The molecule has 3 amide bonds. The summed E-state index contributed by atoms with van der Waals surface area (Å²) in [5.74, 6) is 1.88. The number of aromatic nitrogens is 4. The van der Waals surface area contributed by atoms with E-state index in [2.05, 4.69) is 25.5 Å². The van der Waals surface area contributed by atoms with Crippen molar-refractivity contribution in [2.75, 3.05) is 59.1 Å². The average molecular weight is 1060 g/mol. The van der Waals surface area contributed by atoms with Gasteiger partial charge in [0.2, 0.25) is 37.8 Å². The zero-order chi connectivity index (χ0) is 52.9. The van der Waals surface area contributed by atoms with Crippen LogP contribution in [0.4, 0.5) is 22.7 Å². The van der Waals surface area contributed by atoms with Gasteiger partial charge in [0.15, 0.2) is 0 Å². The summed E-state index contributed by atoms with van der Waals surface area (Å²) < 4.78 is 64.5. The smallest absolute Gasteiger partial charge is 0.247 e. The van der Waals surface area contributed by atoms with E-state index in [4.69, 9.17) is 14.0 Å². The molecule has 0 spiro atoms. The lowest BCUT2D eigenvalue weighted by Crippen LogP contribution is -2.42. The van der Waals surface area contributed by atoms with Crippen molar-refractivity contribution in [3.8, 4) is 22.3 Å². The van der Waals surface area contributed by atoms with E-state index < -0.39 is 26.1 Å². The van der Waals surface area contributed by atoms with E-state index in [9.17, 15) is 31.2 Å².